The molecule has 1 N–H and O–H groups in total. The van der Waals surface area contributed by atoms with Gasteiger partial charge in [-0.05, 0) is 43.2 Å². The normalized spacial score (nSPS) is 20.4. The number of methoxy groups -OCH3 is 1. The van der Waals surface area contributed by atoms with Crippen molar-refractivity contribution >= 4 is 23.1 Å². The van der Waals surface area contributed by atoms with Gasteiger partial charge >= 0.3 is 0 Å². The van der Waals surface area contributed by atoms with E-state index in [0.717, 1.165) is 24.2 Å². The molecule has 0 spiro atoms. The van der Waals surface area contributed by atoms with Gasteiger partial charge in [0.05, 0.1) is 37.6 Å². The fourth-order valence-electron chi connectivity index (χ4n) is 5.05. The number of nitrogens with zero attached hydrogens (tertiary/aromatic N) is 4. The lowest BCUT2D eigenvalue weighted by atomic mass is 9.96. The molecule has 1 amide bonds. The Morgan fingerprint density at radius 3 is 2.53 bits per heavy atom. The number of hydrogen-bond donors (Lipinski definition) is 1. The Bertz CT molecular complexity index is 1340. The Morgan fingerprint density at radius 2 is 1.83 bits per heavy atom. The second-order valence-corrected chi connectivity index (χ2v) is 9.15. The van der Waals surface area contributed by atoms with E-state index in [0.29, 0.717) is 49.1 Å². The summed E-state index contributed by atoms with van der Waals surface area (Å²) in [6.45, 7) is 7.53. The zero-order valence-corrected chi connectivity index (χ0v) is 20.7. The number of carbonyl (C=O) groups excluding carboxylic acids is 2. The second-order valence-electron chi connectivity index (χ2n) is 9.15. The summed E-state index contributed by atoms with van der Waals surface area (Å²) in [4.78, 5) is 35.1. The summed E-state index contributed by atoms with van der Waals surface area (Å²) in [5, 5.41) is 11.6. The Labute approximate surface area is 209 Å². The predicted molar refractivity (Wildman–Crippen MR) is 134 cm³/mol. The third-order valence-corrected chi connectivity index (χ3v) is 6.98. The van der Waals surface area contributed by atoms with Gasteiger partial charge in [-0.3, -0.25) is 18.9 Å². The number of morpholine rings is 1. The first-order valence-corrected chi connectivity index (χ1v) is 12.1. The van der Waals surface area contributed by atoms with Crippen LogP contribution in [0.5, 0.6) is 5.75 Å². The van der Waals surface area contributed by atoms with Crippen molar-refractivity contribution in [2.45, 2.75) is 19.9 Å². The molecule has 2 fully saturated rings. The molecule has 1 aromatic carbocycles. The Balaban J connectivity index is 1.62. The number of rotatable bonds is 6. The summed E-state index contributed by atoms with van der Waals surface area (Å²) in [6.07, 6.45) is 1.80. The highest BCUT2D eigenvalue weighted by molar-refractivity contribution is 6.46. The molecule has 2 aliphatic rings. The number of ether oxygens (including phenoxy) is 2. The third-order valence-electron chi connectivity index (χ3n) is 6.98. The molecule has 0 unspecified atom stereocenters. The van der Waals surface area contributed by atoms with Crippen LogP contribution < -0.4 is 4.74 Å². The summed E-state index contributed by atoms with van der Waals surface area (Å²) in [7, 11) is 1.58. The Hall–Kier alpha value is -3.69. The minimum atomic E-state index is -0.730. The van der Waals surface area contributed by atoms with Crippen LogP contribution in [0.1, 0.15) is 28.6 Å². The monoisotopic (exact) mass is 490 g/mol. The average molecular weight is 491 g/mol. The fourth-order valence-corrected chi connectivity index (χ4v) is 5.05. The molecule has 2 aliphatic heterocycles. The van der Waals surface area contributed by atoms with E-state index in [-0.39, 0.29) is 11.3 Å². The van der Waals surface area contributed by atoms with Gasteiger partial charge in [-0.15, -0.1) is 0 Å². The van der Waals surface area contributed by atoms with Crippen molar-refractivity contribution < 1.29 is 24.2 Å². The maximum atomic E-state index is 13.4. The van der Waals surface area contributed by atoms with Gasteiger partial charge in [0.15, 0.2) is 5.76 Å². The number of fused-ring (bicyclic) bond motifs is 1. The zero-order chi connectivity index (χ0) is 25.4. The molecular weight excluding hydrogens is 460 g/mol. The standard InChI is InChI=1S/C27H30N4O5/c1-17-5-4-10-30-22(18(2)28-26(17)30)24(32)21-23(19-6-8-20(35-3)9-7-19)31(27(34)25(21)33)12-11-29-13-15-36-16-14-29/h4-10,23,32H,11-16H2,1-3H3/t23-/m1/s1. The second kappa shape index (κ2) is 9.75. The number of carbonyl (C=O) groups is 2. The minimum Gasteiger partial charge on any atom is -0.505 e. The molecule has 9 heteroatoms. The van der Waals surface area contributed by atoms with E-state index in [2.05, 4.69) is 9.88 Å². The average Bonchev–Trinajstić information content (AvgIpc) is 3.37. The molecule has 2 aromatic heterocycles. The van der Waals surface area contributed by atoms with Crippen LogP contribution in [0.25, 0.3) is 11.4 Å². The molecule has 36 heavy (non-hydrogen) atoms. The lowest BCUT2D eigenvalue weighted by Crippen LogP contribution is -2.42. The molecular formula is C27H30N4O5. The van der Waals surface area contributed by atoms with Crippen LogP contribution in [-0.2, 0) is 14.3 Å². The molecule has 9 nitrogen and oxygen atoms in total. The number of aliphatic hydroxyl groups excluding tert-OH is 1. The van der Waals surface area contributed by atoms with Gasteiger partial charge in [0, 0.05) is 32.4 Å². The zero-order valence-electron chi connectivity index (χ0n) is 20.7. The number of hydrogen-bond acceptors (Lipinski definition) is 7. The Morgan fingerprint density at radius 1 is 1.11 bits per heavy atom. The fraction of sp³-hybridized carbons (Fsp3) is 0.370. The molecule has 0 saturated carbocycles. The van der Waals surface area contributed by atoms with E-state index in [1.807, 2.05) is 31.2 Å². The van der Waals surface area contributed by atoms with Crippen LogP contribution in [-0.4, -0.2) is 82.5 Å². The van der Waals surface area contributed by atoms with Crippen LogP contribution in [0.3, 0.4) is 0 Å². The van der Waals surface area contributed by atoms with Crippen LogP contribution in [0, 0.1) is 13.8 Å². The van der Waals surface area contributed by atoms with Gasteiger partial charge in [0.25, 0.3) is 11.7 Å². The summed E-state index contributed by atoms with van der Waals surface area (Å²) in [5.74, 6) is -0.874. The quantitative estimate of drug-likeness (QED) is 0.322. The minimum absolute atomic E-state index is 0.0681. The van der Waals surface area contributed by atoms with Crippen molar-refractivity contribution in [3.8, 4) is 5.75 Å². The van der Waals surface area contributed by atoms with E-state index in [9.17, 15) is 14.7 Å². The molecule has 5 rings (SSSR count). The molecule has 4 heterocycles. The predicted octanol–water partition coefficient (Wildman–Crippen LogP) is 2.71. The van der Waals surface area contributed by atoms with Crippen molar-refractivity contribution in [3.05, 3.63) is 70.7 Å². The molecule has 3 aromatic rings. The smallest absolute Gasteiger partial charge is 0.295 e. The molecule has 0 aliphatic carbocycles. The number of imidazole rings is 1. The lowest BCUT2D eigenvalue weighted by molar-refractivity contribution is -0.140. The molecule has 188 valence electrons. The first-order chi connectivity index (χ1) is 17.4. The van der Waals surface area contributed by atoms with Crippen molar-refractivity contribution in [2.75, 3.05) is 46.5 Å². The summed E-state index contributed by atoms with van der Waals surface area (Å²) in [6, 6.07) is 10.3. The van der Waals surface area contributed by atoms with Gasteiger partial charge in [-0.2, -0.15) is 0 Å². The van der Waals surface area contributed by atoms with Gasteiger partial charge in [-0.25, -0.2) is 4.98 Å². The van der Waals surface area contributed by atoms with Crippen molar-refractivity contribution in [1.82, 2.24) is 19.2 Å². The highest BCUT2D eigenvalue weighted by Crippen LogP contribution is 2.40. The van der Waals surface area contributed by atoms with E-state index in [1.54, 1.807) is 41.7 Å². The number of Topliss-reactive ketones (excluding diaryl/α,β-unsaturated/α-hetero) is 1. The van der Waals surface area contributed by atoms with Gasteiger partial charge in [0.1, 0.15) is 17.1 Å². The van der Waals surface area contributed by atoms with E-state index < -0.39 is 17.7 Å². The first-order valence-electron chi connectivity index (χ1n) is 12.1. The van der Waals surface area contributed by atoms with E-state index in [4.69, 9.17) is 9.47 Å². The van der Waals surface area contributed by atoms with E-state index >= 15 is 0 Å². The van der Waals surface area contributed by atoms with Gasteiger partial charge in [-0.1, -0.05) is 18.2 Å². The maximum absolute atomic E-state index is 13.4. The molecule has 1 atom stereocenters. The molecule has 0 bridgehead atoms. The highest BCUT2D eigenvalue weighted by atomic mass is 16.5. The van der Waals surface area contributed by atoms with Gasteiger partial charge in [0.2, 0.25) is 0 Å². The SMILES string of the molecule is COc1ccc([C@@H]2C(=C(O)c3c(C)nc4c(C)cccn34)C(=O)C(=O)N2CCN2CCOCC2)cc1. The number of amides is 1. The number of aromatic nitrogens is 2. The molecule has 0 radical (unpaired) electrons. The Kier molecular flexibility index (Phi) is 6.51. The van der Waals surface area contributed by atoms with Crippen LogP contribution >= 0.6 is 0 Å². The summed E-state index contributed by atoms with van der Waals surface area (Å²) < 4.78 is 12.5. The largest absolute Gasteiger partial charge is 0.505 e. The highest BCUT2D eigenvalue weighted by Gasteiger charge is 2.46. The number of benzene rings is 1. The van der Waals surface area contributed by atoms with Crippen LogP contribution in [0.2, 0.25) is 0 Å². The topological polar surface area (TPSA) is 96.6 Å². The van der Waals surface area contributed by atoms with Crippen LogP contribution in [0.15, 0.2) is 48.2 Å². The number of aryl methyl sites for hydroxylation is 2. The van der Waals surface area contributed by atoms with Crippen molar-refractivity contribution in [1.29, 1.82) is 0 Å². The van der Waals surface area contributed by atoms with Crippen molar-refractivity contribution in [3.63, 3.8) is 0 Å². The first kappa shape index (κ1) is 24.0. The van der Waals surface area contributed by atoms with E-state index in [1.165, 1.54) is 0 Å². The van der Waals surface area contributed by atoms with Crippen LogP contribution in [0.4, 0.5) is 0 Å². The van der Waals surface area contributed by atoms with Crippen molar-refractivity contribution in [2.24, 2.45) is 0 Å². The third kappa shape index (κ3) is 4.14. The number of aliphatic hydroxyl groups is 1. The number of ketones is 1. The summed E-state index contributed by atoms with van der Waals surface area (Å²) >= 11 is 0. The number of pyridine rings is 1. The molecule has 2 saturated heterocycles. The summed E-state index contributed by atoms with van der Waals surface area (Å²) in [5.41, 5.74) is 3.42. The lowest BCUT2D eigenvalue weighted by Gasteiger charge is -2.31. The van der Waals surface area contributed by atoms with Gasteiger partial charge < -0.3 is 19.5 Å². The number of likely N-dealkylation sites (tertiary alicyclic amines) is 1. The maximum Gasteiger partial charge on any atom is 0.295 e.